The zero-order valence-electron chi connectivity index (χ0n) is 12.9. The van der Waals surface area contributed by atoms with E-state index in [2.05, 4.69) is 0 Å². The Morgan fingerprint density at radius 3 is 2.29 bits per heavy atom. The van der Waals surface area contributed by atoms with E-state index in [1.807, 2.05) is 69.3 Å². The molecule has 0 fully saturated rings. The van der Waals surface area contributed by atoms with E-state index in [0.29, 0.717) is 6.61 Å². The van der Waals surface area contributed by atoms with Gasteiger partial charge in [-0.3, -0.25) is 0 Å². The molecule has 0 aliphatic carbocycles. The fourth-order valence-corrected chi connectivity index (χ4v) is 2.18. The molecule has 2 aromatic carbocycles. The molecule has 0 amide bonds. The summed E-state index contributed by atoms with van der Waals surface area (Å²) in [6.45, 7) is 6.65. The molecular weight excluding hydrogens is 262 g/mol. The van der Waals surface area contributed by atoms with Crippen LogP contribution in [-0.4, -0.2) is 12.7 Å². The Morgan fingerprint density at radius 1 is 0.952 bits per heavy atom. The smallest absolute Gasteiger partial charge is 0.119 e. The summed E-state index contributed by atoms with van der Waals surface area (Å²) >= 11 is 0. The molecule has 0 saturated carbocycles. The minimum absolute atomic E-state index is 0.168. The van der Waals surface area contributed by atoms with Crippen LogP contribution in [0.25, 0.3) is 0 Å². The Labute approximate surface area is 126 Å². The van der Waals surface area contributed by atoms with Gasteiger partial charge in [-0.1, -0.05) is 24.3 Å². The molecule has 2 aromatic rings. The number of rotatable bonds is 6. The van der Waals surface area contributed by atoms with E-state index in [-0.39, 0.29) is 12.1 Å². The standard InChI is InChI=1S/C18H23NO2/c1-4-20-17-7-5-6-15(12-17)18(19)14-8-10-16(11-9-14)21-13(2)3/h5-13,18H,4,19H2,1-3H3. The van der Waals surface area contributed by atoms with Crippen LogP contribution in [0.3, 0.4) is 0 Å². The van der Waals surface area contributed by atoms with Crippen LogP contribution >= 0.6 is 0 Å². The molecule has 2 N–H and O–H groups in total. The van der Waals surface area contributed by atoms with Gasteiger partial charge in [0.25, 0.3) is 0 Å². The van der Waals surface area contributed by atoms with Gasteiger partial charge in [0, 0.05) is 0 Å². The summed E-state index contributed by atoms with van der Waals surface area (Å²) in [5.41, 5.74) is 8.43. The molecule has 0 bridgehead atoms. The fourth-order valence-electron chi connectivity index (χ4n) is 2.18. The van der Waals surface area contributed by atoms with Gasteiger partial charge < -0.3 is 15.2 Å². The first-order chi connectivity index (χ1) is 10.1. The largest absolute Gasteiger partial charge is 0.494 e. The van der Waals surface area contributed by atoms with E-state index in [9.17, 15) is 0 Å². The van der Waals surface area contributed by atoms with Gasteiger partial charge in [0.15, 0.2) is 0 Å². The maximum atomic E-state index is 6.34. The second-order valence-corrected chi connectivity index (χ2v) is 5.22. The van der Waals surface area contributed by atoms with Gasteiger partial charge in [0.1, 0.15) is 11.5 Å². The minimum Gasteiger partial charge on any atom is -0.494 e. The molecule has 1 atom stereocenters. The molecule has 0 aliphatic rings. The van der Waals surface area contributed by atoms with Crippen LogP contribution in [-0.2, 0) is 0 Å². The third kappa shape index (κ3) is 4.23. The third-order valence-corrected chi connectivity index (χ3v) is 3.14. The van der Waals surface area contributed by atoms with Crippen molar-refractivity contribution >= 4 is 0 Å². The summed E-state index contributed by atoms with van der Waals surface area (Å²) in [4.78, 5) is 0. The summed E-state index contributed by atoms with van der Waals surface area (Å²) in [5.74, 6) is 1.72. The first kappa shape index (κ1) is 15.4. The van der Waals surface area contributed by atoms with Crippen LogP contribution in [0.2, 0.25) is 0 Å². The second-order valence-electron chi connectivity index (χ2n) is 5.22. The van der Waals surface area contributed by atoms with Crippen LogP contribution in [0.1, 0.15) is 37.9 Å². The highest BCUT2D eigenvalue weighted by atomic mass is 16.5. The predicted molar refractivity (Wildman–Crippen MR) is 85.8 cm³/mol. The lowest BCUT2D eigenvalue weighted by Gasteiger charge is -2.15. The molecule has 0 heterocycles. The number of ether oxygens (including phenoxy) is 2. The normalized spacial score (nSPS) is 12.2. The predicted octanol–water partition coefficient (Wildman–Crippen LogP) is 3.92. The van der Waals surface area contributed by atoms with Crippen LogP contribution < -0.4 is 15.2 Å². The second kappa shape index (κ2) is 7.14. The van der Waals surface area contributed by atoms with Gasteiger partial charge in [-0.2, -0.15) is 0 Å². The van der Waals surface area contributed by atoms with Crippen LogP contribution in [0, 0.1) is 0 Å². The van der Waals surface area contributed by atoms with Crippen molar-refractivity contribution in [1.29, 1.82) is 0 Å². The van der Waals surface area contributed by atoms with Crippen LogP contribution in [0.5, 0.6) is 11.5 Å². The maximum absolute atomic E-state index is 6.34. The van der Waals surface area contributed by atoms with Crippen LogP contribution in [0.4, 0.5) is 0 Å². The summed E-state index contributed by atoms with van der Waals surface area (Å²) < 4.78 is 11.2. The highest BCUT2D eigenvalue weighted by molar-refractivity contribution is 5.38. The average Bonchev–Trinajstić information content (AvgIpc) is 2.47. The average molecular weight is 285 g/mol. The molecule has 0 saturated heterocycles. The van der Waals surface area contributed by atoms with E-state index < -0.39 is 0 Å². The Bertz CT molecular complexity index is 564. The highest BCUT2D eigenvalue weighted by Crippen LogP contribution is 2.25. The number of hydrogen-bond acceptors (Lipinski definition) is 3. The quantitative estimate of drug-likeness (QED) is 0.875. The Morgan fingerprint density at radius 2 is 1.67 bits per heavy atom. The van der Waals surface area contributed by atoms with Gasteiger partial charge in [-0.25, -0.2) is 0 Å². The zero-order valence-corrected chi connectivity index (χ0v) is 12.9. The lowest BCUT2D eigenvalue weighted by atomic mass is 9.99. The van der Waals surface area contributed by atoms with Crippen LogP contribution in [0.15, 0.2) is 48.5 Å². The van der Waals surface area contributed by atoms with Gasteiger partial charge >= 0.3 is 0 Å². The molecule has 112 valence electrons. The van der Waals surface area contributed by atoms with Crippen molar-refractivity contribution < 1.29 is 9.47 Å². The molecule has 0 radical (unpaired) electrons. The Hall–Kier alpha value is -2.00. The number of benzene rings is 2. The molecule has 0 aliphatic heterocycles. The summed E-state index contributed by atoms with van der Waals surface area (Å²) in [6, 6.07) is 15.7. The van der Waals surface area contributed by atoms with Crippen molar-refractivity contribution in [3.63, 3.8) is 0 Å². The van der Waals surface area contributed by atoms with E-state index >= 15 is 0 Å². The van der Waals surface area contributed by atoms with Gasteiger partial charge in [0.05, 0.1) is 18.8 Å². The SMILES string of the molecule is CCOc1cccc(C(N)c2ccc(OC(C)C)cc2)c1. The van der Waals surface area contributed by atoms with Crippen molar-refractivity contribution in [2.24, 2.45) is 5.73 Å². The third-order valence-electron chi connectivity index (χ3n) is 3.14. The highest BCUT2D eigenvalue weighted by Gasteiger charge is 2.10. The lowest BCUT2D eigenvalue weighted by molar-refractivity contribution is 0.242. The van der Waals surface area contributed by atoms with Crippen molar-refractivity contribution in [2.75, 3.05) is 6.61 Å². The molecule has 2 rings (SSSR count). The zero-order chi connectivity index (χ0) is 15.2. The Balaban J connectivity index is 2.15. The number of nitrogens with two attached hydrogens (primary N) is 1. The molecule has 0 spiro atoms. The lowest BCUT2D eigenvalue weighted by Crippen LogP contribution is -2.12. The van der Waals surface area contributed by atoms with E-state index in [1.165, 1.54) is 0 Å². The summed E-state index contributed by atoms with van der Waals surface area (Å²) in [7, 11) is 0. The molecule has 1 unspecified atom stereocenters. The fraction of sp³-hybridized carbons (Fsp3) is 0.333. The molecular formula is C18H23NO2. The van der Waals surface area contributed by atoms with Gasteiger partial charge in [-0.15, -0.1) is 0 Å². The molecule has 0 aromatic heterocycles. The summed E-state index contributed by atoms with van der Waals surface area (Å²) in [6.07, 6.45) is 0.174. The number of hydrogen-bond donors (Lipinski definition) is 1. The van der Waals surface area contributed by atoms with E-state index in [1.54, 1.807) is 0 Å². The van der Waals surface area contributed by atoms with E-state index in [4.69, 9.17) is 15.2 Å². The molecule has 3 heteroatoms. The van der Waals surface area contributed by atoms with Crippen molar-refractivity contribution in [1.82, 2.24) is 0 Å². The van der Waals surface area contributed by atoms with Crippen molar-refractivity contribution in [3.05, 3.63) is 59.7 Å². The monoisotopic (exact) mass is 285 g/mol. The minimum atomic E-state index is -0.168. The van der Waals surface area contributed by atoms with Crippen molar-refractivity contribution in [3.8, 4) is 11.5 Å². The Kier molecular flexibility index (Phi) is 5.23. The maximum Gasteiger partial charge on any atom is 0.119 e. The molecule has 21 heavy (non-hydrogen) atoms. The summed E-state index contributed by atoms with van der Waals surface area (Å²) in [5, 5.41) is 0. The topological polar surface area (TPSA) is 44.5 Å². The van der Waals surface area contributed by atoms with Gasteiger partial charge in [0.2, 0.25) is 0 Å². The van der Waals surface area contributed by atoms with E-state index in [0.717, 1.165) is 22.6 Å². The molecule has 3 nitrogen and oxygen atoms in total. The first-order valence-electron chi connectivity index (χ1n) is 7.35. The first-order valence-corrected chi connectivity index (χ1v) is 7.35. The van der Waals surface area contributed by atoms with Crippen molar-refractivity contribution in [2.45, 2.75) is 32.9 Å². The van der Waals surface area contributed by atoms with Gasteiger partial charge in [-0.05, 0) is 56.2 Å².